The Balaban J connectivity index is 2.55. The molecule has 0 saturated carbocycles. The van der Waals surface area contributed by atoms with Crippen molar-refractivity contribution in [1.82, 2.24) is 16.2 Å². The van der Waals surface area contributed by atoms with Crippen LogP contribution in [-0.4, -0.2) is 29.1 Å². The number of nitro benzene ring substituents is 1. The second-order valence-electron chi connectivity index (χ2n) is 3.33. The molecule has 1 aromatic carbocycles. The quantitative estimate of drug-likeness (QED) is 0.412. The number of methoxy groups -OCH3 is 1. The largest absolute Gasteiger partial charge is 0.452 e. The first-order valence-electron chi connectivity index (χ1n) is 5.13. The van der Waals surface area contributed by atoms with Gasteiger partial charge in [-0.25, -0.2) is 10.2 Å². The summed E-state index contributed by atoms with van der Waals surface area (Å²) in [6.45, 7) is 0. The monoisotopic (exact) mass is 298 g/mol. The molecule has 1 rings (SSSR count). The maximum absolute atomic E-state index is 11.7. The fraction of sp³-hybridized carbons (Fsp3) is 0.100. The van der Waals surface area contributed by atoms with E-state index in [1.165, 1.54) is 24.3 Å². The Kier molecular flexibility index (Phi) is 5.35. The molecule has 10 heteroatoms. The van der Waals surface area contributed by atoms with Crippen LogP contribution in [0.3, 0.4) is 0 Å². The lowest BCUT2D eigenvalue weighted by molar-refractivity contribution is -0.384. The lowest BCUT2D eigenvalue weighted by Gasteiger charge is -2.09. The van der Waals surface area contributed by atoms with Gasteiger partial charge in [-0.3, -0.25) is 25.7 Å². The van der Waals surface area contributed by atoms with Crippen molar-refractivity contribution in [2.24, 2.45) is 0 Å². The summed E-state index contributed by atoms with van der Waals surface area (Å²) >= 11 is 4.74. The van der Waals surface area contributed by atoms with Crippen molar-refractivity contribution < 1.29 is 19.2 Å². The number of hydrazine groups is 1. The predicted octanol–water partition coefficient (Wildman–Crippen LogP) is 0.470. The van der Waals surface area contributed by atoms with Gasteiger partial charge in [0.05, 0.1) is 12.0 Å². The molecule has 0 saturated heterocycles. The molecule has 0 aromatic heterocycles. The molecule has 0 aliphatic heterocycles. The molecule has 0 radical (unpaired) electrons. The molecule has 0 fully saturated rings. The minimum atomic E-state index is -0.781. The summed E-state index contributed by atoms with van der Waals surface area (Å²) in [4.78, 5) is 32.3. The van der Waals surface area contributed by atoms with Crippen molar-refractivity contribution in [3.63, 3.8) is 0 Å². The summed E-state index contributed by atoms with van der Waals surface area (Å²) < 4.78 is 4.28. The predicted molar refractivity (Wildman–Crippen MR) is 71.8 cm³/mol. The maximum atomic E-state index is 11.7. The van der Waals surface area contributed by atoms with Crippen molar-refractivity contribution in [2.45, 2.75) is 0 Å². The number of carbonyl (C=O) groups is 2. The van der Waals surface area contributed by atoms with Gasteiger partial charge in [-0.05, 0) is 24.4 Å². The van der Waals surface area contributed by atoms with Gasteiger partial charge in [-0.1, -0.05) is 0 Å². The number of nitrogens with one attached hydrogen (secondary N) is 3. The summed E-state index contributed by atoms with van der Waals surface area (Å²) in [7, 11) is 1.16. The van der Waals surface area contributed by atoms with E-state index in [4.69, 9.17) is 12.2 Å². The molecule has 0 spiro atoms. The highest BCUT2D eigenvalue weighted by molar-refractivity contribution is 7.80. The standard InChI is InChI=1S/C10H10N4O5S/c1-19-10(16)13-12-9(20)11-8(15)6-2-4-7(5-3-6)14(17)18/h2-5H,1H3,(H,13,16)(H2,11,12,15,20). The molecule has 0 unspecified atom stereocenters. The number of ether oxygens (including phenoxy) is 1. The smallest absolute Gasteiger partial charge is 0.425 e. The van der Waals surface area contributed by atoms with E-state index in [0.29, 0.717) is 0 Å². The molecule has 0 aliphatic rings. The summed E-state index contributed by atoms with van der Waals surface area (Å²) in [5, 5.41) is 12.6. The number of amides is 2. The van der Waals surface area contributed by atoms with Gasteiger partial charge >= 0.3 is 6.09 Å². The van der Waals surface area contributed by atoms with Gasteiger partial charge in [-0.2, -0.15) is 0 Å². The molecule has 3 N–H and O–H groups in total. The Morgan fingerprint density at radius 3 is 2.35 bits per heavy atom. The number of thiocarbonyl (C=S) groups is 1. The van der Waals surface area contributed by atoms with Crippen LogP contribution in [-0.2, 0) is 4.74 Å². The topological polar surface area (TPSA) is 123 Å². The molecular formula is C10H10N4O5S. The van der Waals surface area contributed by atoms with Gasteiger partial charge in [0.25, 0.3) is 11.6 Å². The van der Waals surface area contributed by atoms with Crippen LogP contribution in [0.4, 0.5) is 10.5 Å². The molecule has 20 heavy (non-hydrogen) atoms. The fourth-order valence-electron chi connectivity index (χ4n) is 1.10. The van der Waals surface area contributed by atoms with Gasteiger partial charge in [0, 0.05) is 17.7 Å². The minimum absolute atomic E-state index is 0.130. The molecule has 106 valence electrons. The number of nitrogens with zero attached hydrogens (tertiary/aromatic N) is 1. The lowest BCUT2D eigenvalue weighted by Crippen LogP contribution is -2.48. The third-order valence-electron chi connectivity index (χ3n) is 2.03. The highest BCUT2D eigenvalue weighted by Gasteiger charge is 2.11. The van der Waals surface area contributed by atoms with Crippen molar-refractivity contribution >= 4 is 35.0 Å². The number of rotatable bonds is 2. The van der Waals surface area contributed by atoms with Crippen LogP contribution < -0.4 is 16.2 Å². The van der Waals surface area contributed by atoms with E-state index >= 15 is 0 Å². The zero-order chi connectivity index (χ0) is 15.1. The zero-order valence-electron chi connectivity index (χ0n) is 10.2. The van der Waals surface area contributed by atoms with Gasteiger partial charge in [0.1, 0.15) is 0 Å². The lowest BCUT2D eigenvalue weighted by atomic mass is 10.2. The Hall–Kier alpha value is -2.75. The highest BCUT2D eigenvalue weighted by atomic mass is 32.1. The molecule has 0 heterocycles. The highest BCUT2D eigenvalue weighted by Crippen LogP contribution is 2.11. The van der Waals surface area contributed by atoms with E-state index in [0.717, 1.165) is 7.11 Å². The average molecular weight is 298 g/mol. The van der Waals surface area contributed by atoms with Crippen LogP contribution in [0.15, 0.2) is 24.3 Å². The minimum Gasteiger partial charge on any atom is -0.452 e. The van der Waals surface area contributed by atoms with Crippen LogP contribution >= 0.6 is 12.2 Å². The maximum Gasteiger partial charge on any atom is 0.425 e. The first kappa shape index (κ1) is 15.3. The normalized spacial score (nSPS) is 9.25. The second-order valence-corrected chi connectivity index (χ2v) is 3.74. The van der Waals surface area contributed by atoms with Gasteiger partial charge in [-0.15, -0.1) is 0 Å². The van der Waals surface area contributed by atoms with Crippen LogP contribution in [0, 0.1) is 10.1 Å². The van der Waals surface area contributed by atoms with Gasteiger partial charge in [0.15, 0.2) is 5.11 Å². The van der Waals surface area contributed by atoms with Crippen molar-refractivity contribution in [3.05, 3.63) is 39.9 Å². The molecular weight excluding hydrogens is 288 g/mol. The van der Waals surface area contributed by atoms with E-state index in [9.17, 15) is 19.7 Å². The van der Waals surface area contributed by atoms with Gasteiger partial charge < -0.3 is 4.74 Å². The van der Waals surface area contributed by atoms with Crippen LogP contribution in [0.25, 0.3) is 0 Å². The van der Waals surface area contributed by atoms with Crippen LogP contribution in [0.5, 0.6) is 0 Å². The summed E-state index contributed by atoms with van der Waals surface area (Å²) in [6.07, 6.45) is -0.781. The molecule has 2 amide bonds. The van der Waals surface area contributed by atoms with E-state index in [2.05, 4.69) is 20.9 Å². The van der Waals surface area contributed by atoms with E-state index in [1.54, 1.807) is 0 Å². The molecule has 9 nitrogen and oxygen atoms in total. The van der Waals surface area contributed by atoms with E-state index < -0.39 is 16.9 Å². The zero-order valence-corrected chi connectivity index (χ0v) is 11.0. The van der Waals surface area contributed by atoms with E-state index in [1.807, 2.05) is 0 Å². The molecule has 0 atom stereocenters. The Bertz CT molecular complexity index is 545. The van der Waals surface area contributed by atoms with Crippen molar-refractivity contribution in [1.29, 1.82) is 0 Å². The Labute approximate surface area is 118 Å². The third-order valence-corrected chi connectivity index (χ3v) is 2.23. The molecule has 1 aromatic rings. The first-order chi connectivity index (χ1) is 9.43. The molecule has 0 bridgehead atoms. The Morgan fingerprint density at radius 1 is 1.25 bits per heavy atom. The SMILES string of the molecule is COC(=O)NNC(=S)NC(=O)c1ccc([N+](=O)[O-])cc1. The number of carbonyl (C=O) groups excluding carboxylic acids is 2. The Morgan fingerprint density at radius 2 is 1.85 bits per heavy atom. The van der Waals surface area contributed by atoms with Gasteiger partial charge in [0.2, 0.25) is 0 Å². The fourth-order valence-corrected chi connectivity index (χ4v) is 1.24. The summed E-state index contributed by atoms with van der Waals surface area (Å²) in [5.74, 6) is -0.580. The number of non-ortho nitro benzene ring substituents is 1. The van der Waals surface area contributed by atoms with Crippen LogP contribution in [0.2, 0.25) is 0 Å². The van der Waals surface area contributed by atoms with E-state index in [-0.39, 0.29) is 16.4 Å². The van der Waals surface area contributed by atoms with Crippen LogP contribution in [0.1, 0.15) is 10.4 Å². The summed E-state index contributed by atoms with van der Waals surface area (Å²) in [5.41, 5.74) is 4.34. The second kappa shape index (κ2) is 6.99. The molecule has 0 aliphatic carbocycles. The number of hydrogen-bond acceptors (Lipinski definition) is 6. The average Bonchev–Trinajstić information content (AvgIpc) is 2.44. The van der Waals surface area contributed by atoms with Crippen molar-refractivity contribution in [2.75, 3.05) is 7.11 Å². The number of benzene rings is 1. The number of hydrogen-bond donors (Lipinski definition) is 3. The first-order valence-corrected chi connectivity index (χ1v) is 5.54. The van der Waals surface area contributed by atoms with Crippen molar-refractivity contribution in [3.8, 4) is 0 Å². The number of nitro groups is 1. The third kappa shape index (κ3) is 4.49. The summed E-state index contributed by atoms with van der Waals surface area (Å²) in [6, 6.07) is 4.95.